The maximum Gasteiger partial charge on any atom is 0.253 e. The molecule has 0 spiro atoms. The topological polar surface area (TPSA) is 92.8 Å². The average molecular weight is 517 g/mol. The molecule has 1 aliphatic heterocycles. The van der Waals surface area contributed by atoms with Crippen molar-refractivity contribution in [2.45, 2.75) is 39.4 Å². The molecule has 0 aliphatic carbocycles. The summed E-state index contributed by atoms with van der Waals surface area (Å²) < 4.78 is 11.4. The first-order valence-corrected chi connectivity index (χ1v) is 12.9. The largest absolute Gasteiger partial charge is 0.493 e. The Morgan fingerprint density at radius 3 is 2.50 bits per heavy atom. The molecule has 0 saturated carbocycles. The third-order valence-electron chi connectivity index (χ3n) is 6.56. The fourth-order valence-electron chi connectivity index (χ4n) is 4.76. The number of fused-ring (bicyclic) bond motifs is 5. The summed E-state index contributed by atoms with van der Waals surface area (Å²) in [5, 5.41) is 5.97. The Kier molecular flexibility index (Phi) is 8.97. The fraction of sp³-hybridized carbons (Fsp3) is 0.367. The van der Waals surface area contributed by atoms with Gasteiger partial charge in [-0.2, -0.15) is 0 Å². The number of benzene rings is 2. The van der Waals surface area contributed by atoms with Gasteiger partial charge < -0.3 is 20.1 Å². The van der Waals surface area contributed by atoms with Gasteiger partial charge in [0.15, 0.2) is 11.5 Å². The standard InChI is InChI=1S/C30H36N4O4/c1-20(2)12-26-30(36)32-10-11-34(18-21-8-6-5-7-9-21)19-22-13-25(28(38-4)27(14-22)37-3)23-15-24(17-31-16-23)29(35)33-26/h5-9,13-17,20,26H,10-12,18-19H2,1-4H3,(H,32,36)(H,33,35)/t26-/m1/s1. The van der Waals surface area contributed by atoms with E-state index in [4.69, 9.17) is 9.47 Å². The molecule has 1 aliphatic rings. The van der Waals surface area contributed by atoms with Crippen molar-refractivity contribution in [2.75, 3.05) is 27.3 Å². The van der Waals surface area contributed by atoms with Crippen molar-refractivity contribution in [3.63, 3.8) is 0 Å². The maximum atomic E-state index is 13.2. The lowest BCUT2D eigenvalue weighted by Gasteiger charge is -2.25. The zero-order valence-electron chi connectivity index (χ0n) is 22.5. The predicted molar refractivity (Wildman–Crippen MR) is 147 cm³/mol. The van der Waals surface area contributed by atoms with E-state index in [9.17, 15) is 9.59 Å². The van der Waals surface area contributed by atoms with Crippen LogP contribution < -0.4 is 20.1 Å². The molecule has 8 nitrogen and oxygen atoms in total. The Balaban J connectivity index is 1.79. The van der Waals surface area contributed by atoms with Crippen molar-refractivity contribution in [2.24, 2.45) is 5.92 Å². The van der Waals surface area contributed by atoms with Gasteiger partial charge in [0.05, 0.1) is 19.8 Å². The van der Waals surface area contributed by atoms with Crippen LogP contribution in [0.4, 0.5) is 0 Å². The Hall–Kier alpha value is -3.91. The predicted octanol–water partition coefficient (Wildman–Crippen LogP) is 4.04. The second-order valence-electron chi connectivity index (χ2n) is 9.98. The highest BCUT2D eigenvalue weighted by atomic mass is 16.5. The number of carbonyl (C=O) groups is 2. The number of rotatable bonds is 6. The Labute approximate surface area is 224 Å². The van der Waals surface area contributed by atoms with Crippen LogP contribution >= 0.6 is 0 Å². The molecule has 0 fully saturated rings. The van der Waals surface area contributed by atoms with Crippen LogP contribution in [0, 0.1) is 5.92 Å². The molecule has 0 unspecified atom stereocenters. The number of methoxy groups -OCH3 is 2. The van der Waals surface area contributed by atoms with Crippen LogP contribution in [0.2, 0.25) is 0 Å². The molecule has 1 atom stereocenters. The molecule has 8 heteroatoms. The summed E-state index contributed by atoms with van der Waals surface area (Å²) in [4.78, 5) is 33.0. The van der Waals surface area contributed by atoms with Crippen molar-refractivity contribution in [1.29, 1.82) is 0 Å². The zero-order valence-corrected chi connectivity index (χ0v) is 22.5. The Morgan fingerprint density at radius 2 is 1.79 bits per heavy atom. The lowest BCUT2D eigenvalue weighted by atomic mass is 10.00. The van der Waals surface area contributed by atoms with E-state index in [2.05, 4.69) is 38.7 Å². The van der Waals surface area contributed by atoms with E-state index in [0.29, 0.717) is 49.7 Å². The summed E-state index contributed by atoms with van der Waals surface area (Å²) in [6.07, 6.45) is 3.75. The Morgan fingerprint density at radius 1 is 1.03 bits per heavy atom. The smallest absolute Gasteiger partial charge is 0.253 e. The van der Waals surface area contributed by atoms with Crippen molar-refractivity contribution < 1.29 is 19.1 Å². The van der Waals surface area contributed by atoms with Crippen LogP contribution in [0.1, 0.15) is 41.8 Å². The summed E-state index contributed by atoms with van der Waals surface area (Å²) in [5.41, 5.74) is 4.08. The number of nitrogens with zero attached hydrogens (tertiary/aromatic N) is 2. The number of hydrogen-bond donors (Lipinski definition) is 2. The van der Waals surface area contributed by atoms with Crippen molar-refractivity contribution in [3.05, 3.63) is 77.6 Å². The van der Waals surface area contributed by atoms with E-state index in [-0.39, 0.29) is 17.7 Å². The average Bonchev–Trinajstić information content (AvgIpc) is 2.92. The lowest BCUT2D eigenvalue weighted by Crippen LogP contribution is -2.48. The van der Waals surface area contributed by atoms with Gasteiger partial charge >= 0.3 is 0 Å². The number of aromatic nitrogens is 1. The minimum Gasteiger partial charge on any atom is -0.493 e. The van der Waals surface area contributed by atoms with Crippen molar-refractivity contribution >= 4 is 11.8 Å². The number of ether oxygens (including phenoxy) is 2. The highest BCUT2D eigenvalue weighted by molar-refractivity contribution is 5.98. The van der Waals surface area contributed by atoms with E-state index in [1.165, 1.54) is 11.8 Å². The molecular formula is C30H36N4O4. The van der Waals surface area contributed by atoms with Crippen LogP contribution in [0.25, 0.3) is 11.1 Å². The van der Waals surface area contributed by atoms with Gasteiger partial charge in [-0.1, -0.05) is 44.2 Å². The molecule has 0 radical (unpaired) electrons. The molecule has 4 rings (SSSR count). The minimum absolute atomic E-state index is 0.186. The first-order chi connectivity index (χ1) is 18.4. The zero-order chi connectivity index (χ0) is 27.1. The van der Waals surface area contributed by atoms with Crippen LogP contribution in [-0.4, -0.2) is 55.0 Å². The monoisotopic (exact) mass is 516 g/mol. The second-order valence-corrected chi connectivity index (χ2v) is 9.98. The highest BCUT2D eigenvalue weighted by Crippen LogP contribution is 2.39. The molecule has 2 heterocycles. The number of amides is 2. The summed E-state index contributed by atoms with van der Waals surface area (Å²) in [6.45, 7) is 6.48. The number of carbonyl (C=O) groups excluding carboxylic acids is 2. The quantitative estimate of drug-likeness (QED) is 0.514. The van der Waals surface area contributed by atoms with E-state index >= 15 is 0 Å². The normalized spacial score (nSPS) is 16.7. The molecule has 38 heavy (non-hydrogen) atoms. The molecule has 2 aromatic carbocycles. The number of pyridine rings is 1. The van der Waals surface area contributed by atoms with Crippen LogP contribution in [0.15, 0.2) is 60.9 Å². The van der Waals surface area contributed by atoms with Gasteiger partial charge in [-0.15, -0.1) is 0 Å². The van der Waals surface area contributed by atoms with Gasteiger partial charge in [0.1, 0.15) is 6.04 Å². The first-order valence-electron chi connectivity index (χ1n) is 12.9. The summed E-state index contributed by atoms with van der Waals surface area (Å²) >= 11 is 0. The van der Waals surface area contributed by atoms with Gasteiger partial charge in [-0.25, -0.2) is 0 Å². The highest BCUT2D eigenvalue weighted by Gasteiger charge is 2.24. The molecular weight excluding hydrogens is 480 g/mol. The third-order valence-corrected chi connectivity index (χ3v) is 6.56. The number of nitrogens with one attached hydrogen (secondary N) is 2. The number of hydrogen-bond acceptors (Lipinski definition) is 6. The maximum absolute atomic E-state index is 13.2. The molecule has 3 aromatic rings. The summed E-state index contributed by atoms with van der Waals surface area (Å²) in [5.74, 6) is 0.871. The molecule has 1 aromatic heterocycles. The molecule has 2 N–H and O–H groups in total. The summed E-state index contributed by atoms with van der Waals surface area (Å²) in [7, 11) is 3.21. The van der Waals surface area contributed by atoms with Crippen LogP contribution in [-0.2, 0) is 17.9 Å². The van der Waals surface area contributed by atoms with E-state index in [1.807, 2.05) is 38.1 Å². The SMILES string of the molecule is COc1cc2cc(c1OC)-c1cncc(c1)C(=O)N[C@H](CC(C)C)C(=O)NCCN(Cc1ccccc1)C2. The van der Waals surface area contributed by atoms with Gasteiger partial charge in [0.2, 0.25) is 5.91 Å². The van der Waals surface area contributed by atoms with Crippen LogP contribution in [0.3, 0.4) is 0 Å². The van der Waals surface area contributed by atoms with E-state index < -0.39 is 6.04 Å². The van der Waals surface area contributed by atoms with E-state index in [1.54, 1.807) is 26.5 Å². The molecule has 2 amide bonds. The minimum atomic E-state index is -0.644. The first kappa shape index (κ1) is 27.1. The van der Waals surface area contributed by atoms with Crippen molar-refractivity contribution in [3.8, 4) is 22.6 Å². The van der Waals surface area contributed by atoms with Gasteiger partial charge in [-0.05, 0) is 41.7 Å². The molecule has 4 bridgehead atoms. The van der Waals surface area contributed by atoms with Crippen molar-refractivity contribution in [1.82, 2.24) is 20.5 Å². The molecule has 200 valence electrons. The third kappa shape index (κ3) is 6.69. The van der Waals surface area contributed by atoms with Gasteiger partial charge in [0.25, 0.3) is 5.91 Å². The van der Waals surface area contributed by atoms with Crippen LogP contribution in [0.5, 0.6) is 11.5 Å². The second kappa shape index (κ2) is 12.6. The molecule has 0 saturated heterocycles. The Bertz CT molecular complexity index is 1260. The van der Waals surface area contributed by atoms with Gasteiger partial charge in [-0.3, -0.25) is 19.5 Å². The van der Waals surface area contributed by atoms with E-state index in [0.717, 1.165) is 16.7 Å². The fourth-order valence-corrected chi connectivity index (χ4v) is 4.76. The lowest BCUT2D eigenvalue weighted by molar-refractivity contribution is -0.123. The van der Waals surface area contributed by atoms with Gasteiger partial charge in [0, 0.05) is 49.7 Å². The summed E-state index contributed by atoms with van der Waals surface area (Å²) in [6, 6.07) is 15.4.